The van der Waals surface area contributed by atoms with Crippen molar-refractivity contribution in [3.8, 4) is 0 Å². The van der Waals surface area contributed by atoms with Crippen LogP contribution in [0.25, 0.3) is 10.8 Å². The van der Waals surface area contributed by atoms with Gasteiger partial charge in [-0.05, 0) is 36.1 Å². The zero-order valence-electron chi connectivity index (χ0n) is 11.8. The molecule has 106 valence electrons. The topological polar surface area (TPSA) is 49.3 Å². The molecular weight excluding hydrogens is 250 g/mol. The number of aliphatic hydroxyl groups is 1. The zero-order valence-corrected chi connectivity index (χ0v) is 11.8. The molecule has 3 nitrogen and oxygen atoms in total. The average Bonchev–Trinajstić information content (AvgIpc) is 2.43. The number of amides is 1. The fourth-order valence-electron chi connectivity index (χ4n) is 2.36. The molecule has 1 amide bonds. The summed E-state index contributed by atoms with van der Waals surface area (Å²) >= 11 is 0. The van der Waals surface area contributed by atoms with Crippen molar-refractivity contribution in [3.63, 3.8) is 0 Å². The standard InChI is InChI=1S/C17H21NO2/c1-13(19)12-17(20)18-11-5-9-15-8-4-7-14-6-2-3-10-16(14)15/h2-4,6-8,10,13,19H,5,9,11-12H2,1H3,(H,18,20). The maximum atomic E-state index is 11.4. The second kappa shape index (κ2) is 7.06. The molecule has 0 saturated heterocycles. The molecule has 0 aliphatic heterocycles. The largest absolute Gasteiger partial charge is 0.393 e. The molecule has 1 atom stereocenters. The fourth-order valence-corrected chi connectivity index (χ4v) is 2.36. The van der Waals surface area contributed by atoms with Crippen molar-refractivity contribution >= 4 is 16.7 Å². The number of fused-ring (bicyclic) bond motifs is 1. The van der Waals surface area contributed by atoms with Crippen LogP contribution < -0.4 is 5.32 Å². The van der Waals surface area contributed by atoms with Gasteiger partial charge in [0.15, 0.2) is 0 Å². The Morgan fingerprint density at radius 2 is 1.95 bits per heavy atom. The van der Waals surface area contributed by atoms with Crippen LogP contribution in [-0.4, -0.2) is 23.7 Å². The van der Waals surface area contributed by atoms with Crippen LogP contribution in [0.3, 0.4) is 0 Å². The molecule has 0 radical (unpaired) electrons. The second-order valence-electron chi connectivity index (χ2n) is 5.14. The summed E-state index contributed by atoms with van der Waals surface area (Å²) in [5.74, 6) is -0.0853. The van der Waals surface area contributed by atoms with E-state index in [2.05, 4.69) is 41.7 Å². The van der Waals surface area contributed by atoms with Crippen molar-refractivity contribution in [1.29, 1.82) is 0 Å². The van der Waals surface area contributed by atoms with E-state index in [1.54, 1.807) is 6.92 Å². The van der Waals surface area contributed by atoms with Crippen molar-refractivity contribution in [2.75, 3.05) is 6.54 Å². The Balaban J connectivity index is 1.86. The summed E-state index contributed by atoms with van der Waals surface area (Å²) < 4.78 is 0. The van der Waals surface area contributed by atoms with Gasteiger partial charge in [0.1, 0.15) is 0 Å². The number of benzene rings is 2. The summed E-state index contributed by atoms with van der Waals surface area (Å²) in [5.41, 5.74) is 1.31. The third-order valence-electron chi connectivity index (χ3n) is 3.31. The summed E-state index contributed by atoms with van der Waals surface area (Å²) in [4.78, 5) is 11.4. The molecule has 0 saturated carbocycles. The quantitative estimate of drug-likeness (QED) is 0.794. The van der Waals surface area contributed by atoms with Crippen LogP contribution in [0.2, 0.25) is 0 Å². The van der Waals surface area contributed by atoms with E-state index in [0.29, 0.717) is 6.54 Å². The molecule has 2 aromatic carbocycles. The molecular formula is C17H21NO2. The predicted octanol–water partition coefficient (Wildman–Crippen LogP) is 2.66. The Morgan fingerprint density at radius 1 is 1.20 bits per heavy atom. The highest BCUT2D eigenvalue weighted by molar-refractivity contribution is 5.85. The van der Waals surface area contributed by atoms with Gasteiger partial charge in [0.2, 0.25) is 5.91 Å². The van der Waals surface area contributed by atoms with E-state index in [9.17, 15) is 4.79 Å². The molecule has 2 rings (SSSR count). The van der Waals surface area contributed by atoms with Crippen molar-refractivity contribution < 1.29 is 9.90 Å². The van der Waals surface area contributed by atoms with Crippen LogP contribution in [0.4, 0.5) is 0 Å². The summed E-state index contributed by atoms with van der Waals surface area (Å²) in [7, 11) is 0. The van der Waals surface area contributed by atoms with Crippen LogP contribution in [0.15, 0.2) is 42.5 Å². The third kappa shape index (κ3) is 4.07. The lowest BCUT2D eigenvalue weighted by Gasteiger charge is -2.08. The lowest BCUT2D eigenvalue weighted by Crippen LogP contribution is -2.27. The summed E-state index contributed by atoms with van der Waals surface area (Å²) in [6, 6.07) is 14.7. The molecule has 2 aromatic rings. The number of rotatable bonds is 6. The molecule has 0 aliphatic rings. The Labute approximate surface area is 119 Å². The van der Waals surface area contributed by atoms with E-state index in [0.717, 1.165) is 12.8 Å². The molecule has 0 bridgehead atoms. The van der Waals surface area contributed by atoms with Gasteiger partial charge in [-0.2, -0.15) is 0 Å². The Kier molecular flexibility index (Phi) is 5.13. The van der Waals surface area contributed by atoms with Crippen LogP contribution in [-0.2, 0) is 11.2 Å². The first kappa shape index (κ1) is 14.5. The van der Waals surface area contributed by atoms with E-state index >= 15 is 0 Å². The van der Waals surface area contributed by atoms with E-state index in [1.807, 2.05) is 6.07 Å². The molecule has 0 fully saturated rings. The van der Waals surface area contributed by atoms with Crippen LogP contribution in [0.1, 0.15) is 25.3 Å². The summed E-state index contributed by atoms with van der Waals surface area (Å²) in [5, 5.41) is 14.5. The monoisotopic (exact) mass is 271 g/mol. The van der Waals surface area contributed by atoms with E-state index in [-0.39, 0.29) is 12.3 Å². The molecule has 20 heavy (non-hydrogen) atoms. The minimum absolute atomic E-state index is 0.0853. The zero-order chi connectivity index (χ0) is 14.4. The van der Waals surface area contributed by atoms with Crippen molar-refractivity contribution in [2.24, 2.45) is 0 Å². The van der Waals surface area contributed by atoms with Gasteiger partial charge in [0.05, 0.1) is 12.5 Å². The SMILES string of the molecule is CC(O)CC(=O)NCCCc1cccc2ccccc12. The summed E-state index contributed by atoms with van der Waals surface area (Å²) in [6.45, 7) is 2.27. The second-order valence-corrected chi connectivity index (χ2v) is 5.14. The van der Waals surface area contributed by atoms with Gasteiger partial charge in [0.25, 0.3) is 0 Å². The normalized spacial score (nSPS) is 12.3. The number of hydrogen-bond donors (Lipinski definition) is 2. The number of nitrogens with one attached hydrogen (secondary N) is 1. The number of carbonyl (C=O) groups is 1. The van der Waals surface area contributed by atoms with Gasteiger partial charge in [-0.1, -0.05) is 42.5 Å². The van der Waals surface area contributed by atoms with E-state index in [4.69, 9.17) is 5.11 Å². The molecule has 0 spiro atoms. The first-order valence-corrected chi connectivity index (χ1v) is 7.08. The van der Waals surface area contributed by atoms with Crippen LogP contribution >= 0.6 is 0 Å². The number of aryl methyl sites for hydroxylation is 1. The number of carbonyl (C=O) groups excluding carboxylic acids is 1. The molecule has 0 heterocycles. The molecule has 1 unspecified atom stereocenters. The first-order valence-electron chi connectivity index (χ1n) is 7.08. The van der Waals surface area contributed by atoms with E-state index in [1.165, 1.54) is 16.3 Å². The van der Waals surface area contributed by atoms with Gasteiger partial charge < -0.3 is 10.4 Å². The predicted molar refractivity (Wildman–Crippen MR) is 81.6 cm³/mol. The molecule has 0 aromatic heterocycles. The highest BCUT2D eigenvalue weighted by atomic mass is 16.3. The van der Waals surface area contributed by atoms with Crippen LogP contribution in [0.5, 0.6) is 0 Å². The molecule has 0 aliphatic carbocycles. The number of aliphatic hydroxyl groups excluding tert-OH is 1. The lowest BCUT2D eigenvalue weighted by molar-refractivity contribution is -0.122. The van der Waals surface area contributed by atoms with Crippen molar-refractivity contribution in [3.05, 3.63) is 48.0 Å². The minimum atomic E-state index is -0.576. The van der Waals surface area contributed by atoms with Gasteiger partial charge in [0, 0.05) is 6.54 Å². The maximum Gasteiger partial charge on any atom is 0.222 e. The molecule has 3 heteroatoms. The maximum absolute atomic E-state index is 11.4. The van der Waals surface area contributed by atoms with Crippen molar-refractivity contribution in [2.45, 2.75) is 32.3 Å². The Morgan fingerprint density at radius 3 is 2.75 bits per heavy atom. The Hall–Kier alpha value is -1.87. The highest BCUT2D eigenvalue weighted by Crippen LogP contribution is 2.19. The Bertz CT molecular complexity index is 573. The summed E-state index contributed by atoms with van der Waals surface area (Å²) in [6.07, 6.45) is 1.44. The van der Waals surface area contributed by atoms with Gasteiger partial charge in [-0.15, -0.1) is 0 Å². The van der Waals surface area contributed by atoms with Gasteiger partial charge in [-0.3, -0.25) is 4.79 Å². The van der Waals surface area contributed by atoms with Gasteiger partial charge in [-0.25, -0.2) is 0 Å². The average molecular weight is 271 g/mol. The first-order chi connectivity index (χ1) is 9.66. The smallest absolute Gasteiger partial charge is 0.222 e. The minimum Gasteiger partial charge on any atom is -0.393 e. The third-order valence-corrected chi connectivity index (χ3v) is 3.31. The highest BCUT2D eigenvalue weighted by Gasteiger charge is 2.05. The van der Waals surface area contributed by atoms with Gasteiger partial charge >= 0.3 is 0 Å². The fraction of sp³-hybridized carbons (Fsp3) is 0.353. The van der Waals surface area contributed by atoms with E-state index < -0.39 is 6.10 Å². The van der Waals surface area contributed by atoms with Crippen molar-refractivity contribution in [1.82, 2.24) is 5.32 Å². The van der Waals surface area contributed by atoms with Crippen LogP contribution in [0, 0.1) is 0 Å². The number of hydrogen-bond acceptors (Lipinski definition) is 2. The molecule has 2 N–H and O–H groups in total. The lowest BCUT2D eigenvalue weighted by atomic mass is 10.0.